The molecule has 0 unspecified atom stereocenters. The van der Waals surface area contributed by atoms with Gasteiger partial charge in [-0.3, -0.25) is 19.7 Å². The van der Waals surface area contributed by atoms with Crippen LogP contribution in [0.25, 0.3) is 0 Å². The summed E-state index contributed by atoms with van der Waals surface area (Å²) in [6.45, 7) is 4.23. The lowest BCUT2D eigenvalue weighted by molar-refractivity contribution is -0.384. The van der Waals surface area contributed by atoms with Crippen LogP contribution in [0.4, 0.5) is 22.7 Å². The Morgan fingerprint density at radius 1 is 1.03 bits per heavy atom. The van der Waals surface area contributed by atoms with E-state index in [9.17, 15) is 19.7 Å². The highest BCUT2D eigenvalue weighted by Gasteiger charge is 2.28. The summed E-state index contributed by atoms with van der Waals surface area (Å²) in [4.78, 5) is 40.6. The molecular formula is C27H26N4O4. The number of benzene rings is 3. The number of hydrogen-bond acceptors (Lipinski definition) is 5. The number of nitrogens with one attached hydrogen (secondary N) is 1. The van der Waals surface area contributed by atoms with Crippen LogP contribution in [0.5, 0.6) is 0 Å². The molecule has 0 aliphatic carbocycles. The summed E-state index contributed by atoms with van der Waals surface area (Å²) in [5.74, 6) is 0.137. The topological polar surface area (TPSA) is 95.8 Å². The highest BCUT2D eigenvalue weighted by atomic mass is 16.6. The molecule has 2 aliphatic heterocycles. The van der Waals surface area contributed by atoms with Crippen LogP contribution in [0.2, 0.25) is 0 Å². The van der Waals surface area contributed by atoms with E-state index in [0.717, 1.165) is 37.2 Å². The molecule has 3 aromatic carbocycles. The Morgan fingerprint density at radius 2 is 1.74 bits per heavy atom. The number of nitrogens with zero attached hydrogens (tertiary/aromatic N) is 3. The van der Waals surface area contributed by atoms with Gasteiger partial charge in [-0.2, -0.15) is 0 Å². The van der Waals surface area contributed by atoms with Gasteiger partial charge in [-0.25, -0.2) is 0 Å². The summed E-state index contributed by atoms with van der Waals surface area (Å²) in [5, 5.41) is 14.5. The quantitative estimate of drug-likeness (QED) is 0.406. The van der Waals surface area contributed by atoms with Crippen LogP contribution >= 0.6 is 0 Å². The van der Waals surface area contributed by atoms with Crippen molar-refractivity contribution >= 4 is 34.6 Å². The van der Waals surface area contributed by atoms with Gasteiger partial charge in [-0.15, -0.1) is 0 Å². The van der Waals surface area contributed by atoms with Gasteiger partial charge in [-0.05, 0) is 66.8 Å². The molecular weight excluding hydrogens is 444 g/mol. The van der Waals surface area contributed by atoms with Crippen molar-refractivity contribution in [3.05, 3.63) is 93.5 Å². The Morgan fingerprint density at radius 3 is 2.43 bits per heavy atom. The number of piperidine rings is 1. The van der Waals surface area contributed by atoms with Gasteiger partial charge in [0.1, 0.15) is 5.69 Å². The fourth-order valence-corrected chi connectivity index (χ4v) is 4.72. The molecule has 3 aromatic rings. The van der Waals surface area contributed by atoms with E-state index in [1.54, 1.807) is 41.3 Å². The monoisotopic (exact) mass is 470 g/mol. The molecule has 2 heterocycles. The predicted molar refractivity (Wildman–Crippen MR) is 135 cm³/mol. The standard InChI is InChI=1S/C27H26N4O4/c1-18-12-14-29(15-13-18)24-11-6-19(16-25(24)31(34)35)26(32)28-21-7-9-22(10-8-21)30-17-20-4-2-3-5-23(20)27(30)33/h2-11,16,18H,12-15,17H2,1H3,(H,28,32). The van der Waals surface area contributed by atoms with Crippen molar-refractivity contribution in [2.75, 3.05) is 28.2 Å². The molecule has 35 heavy (non-hydrogen) atoms. The van der Waals surface area contributed by atoms with Gasteiger partial charge in [-0.1, -0.05) is 25.1 Å². The van der Waals surface area contributed by atoms with Gasteiger partial charge in [0, 0.05) is 41.7 Å². The molecule has 0 spiro atoms. The Balaban J connectivity index is 1.29. The molecule has 0 atom stereocenters. The molecule has 0 aromatic heterocycles. The zero-order valence-electron chi connectivity index (χ0n) is 19.4. The van der Waals surface area contributed by atoms with Gasteiger partial charge >= 0.3 is 0 Å². The maximum Gasteiger partial charge on any atom is 0.293 e. The molecule has 8 nitrogen and oxygen atoms in total. The summed E-state index contributed by atoms with van der Waals surface area (Å²) in [6, 6.07) is 19.2. The predicted octanol–water partition coefficient (Wildman–Crippen LogP) is 5.24. The van der Waals surface area contributed by atoms with Crippen molar-refractivity contribution in [1.82, 2.24) is 0 Å². The number of carbonyl (C=O) groups excluding carboxylic acids is 2. The minimum absolute atomic E-state index is 0.0482. The third-order valence-corrected chi connectivity index (χ3v) is 6.82. The van der Waals surface area contributed by atoms with E-state index in [2.05, 4.69) is 12.2 Å². The fourth-order valence-electron chi connectivity index (χ4n) is 4.72. The lowest BCUT2D eigenvalue weighted by atomic mass is 9.98. The Hall–Kier alpha value is -4.20. The summed E-state index contributed by atoms with van der Waals surface area (Å²) >= 11 is 0. The van der Waals surface area contributed by atoms with Crippen molar-refractivity contribution in [2.45, 2.75) is 26.3 Å². The molecule has 8 heteroatoms. The van der Waals surface area contributed by atoms with E-state index in [1.807, 2.05) is 29.2 Å². The van der Waals surface area contributed by atoms with Crippen molar-refractivity contribution in [1.29, 1.82) is 0 Å². The molecule has 1 saturated heterocycles. The maximum absolute atomic E-state index is 12.8. The normalized spacial score (nSPS) is 15.7. The average Bonchev–Trinajstić information content (AvgIpc) is 3.21. The van der Waals surface area contributed by atoms with E-state index in [0.29, 0.717) is 29.4 Å². The summed E-state index contributed by atoms with van der Waals surface area (Å²) in [6.07, 6.45) is 1.98. The first kappa shape index (κ1) is 22.6. The molecule has 0 bridgehead atoms. The lowest BCUT2D eigenvalue weighted by Crippen LogP contribution is -2.33. The van der Waals surface area contributed by atoms with E-state index in [1.165, 1.54) is 6.07 Å². The molecule has 1 N–H and O–H groups in total. The van der Waals surface area contributed by atoms with Crippen LogP contribution in [-0.2, 0) is 6.54 Å². The third kappa shape index (κ3) is 4.47. The average molecular weight is 471 g/mol. The molecule has 1 fully saturated rings. The zero-order valence-corrected chi connectivity index (χ0v) is 19.4. The van der Waals surface area contributed by atoms with Gasteiger partial charge in [0.05, 0.1) is 11.5 Å². The number of nitro benzene ring substituents is 1. The van der Waals surface area contributed by atoms with Crippen LogP contribution < -0.4 is 15.1 Å². The molecule has 0 saturated carbocycles. The van der Waals surface area contributed by atoms with E-state index in [-0.39, 0.29) is 17.2 Å². The van der Waals surface area contributed by atoms with Crippen molar-refractivity contribution < 1.29 is 14.5 Å². The number of rotatable bonds is 5. The highest BCUT2D eigenvalue weighted by Crippen LogP contribution is 2.33. The number of nitro groups is 1. The second-order valence-electron chi connectivity index (χ2n) is 9.18. The second-order valence-corrected chi connectivity index (χ2v) is 9.18. The van der Waals surface area contributed by atoms with Gasteiger partial charge in [0.2, 0.25) is 0 Å². The summed E-state index contributed by atoms with van der Waals surface area (Å²) < 4.78 is 0. The Labute approximate surface area is 203 Å². The number of anilines is 3. The number of carbonyl (C=O) groups is 2. The second kappa shape index (κ2) is 9.21. The van der Waals surface area contributed by atoms with Crippen molar-refractivity contribution in [3.8, 4) is 0 Å². The molecule has 178 valence electrons. The van der Waals surface area contributed by atoms with Crippen LogP contribution in [0.1, 0.15) is 46.0 Å². The smallest absolute Gasteiger partial charge is 0.293 e. The Bertz CT molecular complexity index is 1300. The largest absolute Gasteiger partial charge is 0.366 e. The van der Waals surface area contributed by atoms with Gasteiger partial charge in [0.25, 0.3) is 17.5 Å². The molecule has 2 amide bonds. The number of fused-ring (bicyclic) bond motifs is 1. The first-order chi connectivity index (χ1) is 16.9. The van der Waals surface area contributed by atoms with Crippen molar-refractivity contribution in [2.24, 2.45) is 5.92 Å². The van der Waals surface area contributed by atoms with Crippen molar-refractivity contribution in [3.63, 3.8) is 0 Å². The first-order valence-corrected chi connectivity index (χ1v) is 11.8. The highest BCUT2D eigenvalue weighted by molar-refractivity contribution is 6.10. The van der Waals surface area contributed by atoms with Crippen LogP contribution in [-0.4, -0.2) is 29.8 Å². The molecule has 5 rings (SSSR count). The lowest BCUT2D eigenvalue weighted by Gasteiger charge is -2.31. The zero-order chi connectivity index (χ0) is 24.5. The first-order valence-electron chi connectivity index (χ1n) is 11.8. The summed E-state index contributed by atoms with van der Waals surface area (Å²) in [7, 11) is 0. The van der Waals surface area contributed by atoms with Gasteiger partial charge < -0.3 is 15.1 Å². The minimum atomic E-state index is -0.427. The van der Waals surface area contributed by atoms with E-state index >= 15 is 0 Å². The third-order valence-electron chi connectivity index (χ3n) is 6.82. The van der Waals surface area contributed by atoms with Crippen LogP contribution in [0.3, 0.4) is 0 Å². The van der Waals surface area contributed by atoms with E-state index < -0.39 is 10.8 Å². The molecule has 0 radical (unpaired) electrons. The maximum atomic E-state index is 12.8. The van der Waals surface area contributed by atoms with Gasteiger partial charge in [0.15, 0.2) is 0 Å². The van der Waals surface area contributed by atoms with E-state index in [4.69, 9.17) is 0 Å². The minimum Gasteiger partial charge on any atom is -0.366 e. The fraction of sp³-hybridized carbons (Fsp3) is 0.259. The number of amides is 2. The SMILES string of the molecule is CC1CCN(c2ccc(C(=O)Nc3ccc(N4Cc5ccccc5C4=O)cc3)cc2[N+](=O)[O-])CC1. The Kier molecular flexibility index (Phi) is 5.94. The van der Waals surface area contributed by atoms with Crippen LogP contribution in [0, 0.1) is 16.0 Å². The summed E-state index contributed by atoms with van der Waals surface area (Å²) in [5.41, 5.74) is 3.68. The number of hydrogen-bond donors (Lipinski definition) is 1. The van der Waals surface area contributed by atoms with Crippen LogP contribution in [0.15, 0.2) is 66.7 Å². The molecule has 2 aliphatic rings.